The number of nitrogens with one attached hydrogen (secondary N) is 1. The molecule has 0 bridgehead atoms. The van der Waals surface area contributed by atoms with Crippen LogP contribution >= 0.6 is 0 Å². The van der Waals surface area contributed by atoms with Gasteiger partial charge in [-0.2, -0.15) is 5.10 Å². The second-order valence-corrected chi connectivity index (χ2v) is 8.75. The maximum atomic E-state index is 13.2. The van der Waals surface area contributed by atoms with Crippen LogP contribution in [0.2, 0.25) is 0 Å². The maximum absolute atomic E-state index is 13.2. The van der Waals surface area contributed by atoms with E-state index in [1.165, 1.54) is 12.4 Å². The first-order valence-corrected chi connectivity index (χ1v) is 11.0. The summed E-state index contributed by atoms with van der Waals surface area (Å²) in [4.78, 5) is 36.0. The van der Waals surface area contributed by atoms with Crippen molar-refractivity contribution in [3.8, 4) is 5.88 Å². The van der Waals surface area contributed by atoms with Crippen molar-refractivity contribution in [3.05, 3.63) is 70.4 Å². The molecule has 0 saturated heterocycles. The van der Waals surface area contributed by atoms with Gasteiger partial charge in [0.2, 0.25) is 5.88 Å². The number of alkyl halides is 2. The molecular formula is C24H26F2N6O3. The second kappa shape index (κ2) is 9.40. The Kier molecular flexibility index (Phi) is 6.51. The van der Waals surface area contributed by atoms with Gasteiger partial charge >= 0.3 is 0 Å². The van der Waals surface area contributed by atoms with Crippen LogP contribution in [0.1, 0.15) is 63.0 Å². The Morgan fingerprint density at radius 3 is 2.74 bits per heavy atom. The minimum Gasteiger partial charge on any atom is -0.471 e. The van der Waals surface area contributed by atoms with Crippen LogP contribution in [0.5, 0.6) is 5.88 Å². The minimum atomic E-state index is -2.97. The summed E-state index contributed by atoms with van der Waals surface area (Å²) in [7, 11) is 1.79. The summed E-state index contributed by atoms with van der Waals surface area (Å²) in [6.07, 6.45) is 6.43. The van der Waals surface area contributed by atoms with Gasteiger partial charge in [-0.15, -0.1) is 0 Å². The van der Waals surface area contributed by atoms with Gasteiger partial charge in [0.15, 0.2) is 6.61 Å². The number of aromatic nitrogens is 4. The molecule has 11 heteroatoms. The van der Waals surface area contributed by atoms with Crippen molar-refractivity contribution in [2.24, 2.45) is 7.05 Å². The van der Waals surface area contributed by atoms with E-state index in [-0.39, 0.29) is 42.5 Å². The first-order chi connectivity index (χ1) is 16.5. The van der Waals surface area contributed by atoms with Gasteiger partial charge in [0.1, 0.15) is 5.69 Å². The van der Waals surface area contributed by atoms with Crippen molar-refractivity contribution < 1.29 is 23.1 Å². The molecule has 0 aliphatic carbocycles. The first kappa shape index (κ1) is 24.2. The van der Waals surface area contributed by atoms with Crippen molar-refractivity contribution in [2.75, 3.05) is 6.61 Å². The largest absolute Gasteiger partial charge is 0.471 e. The lowest BCUT2D eigenvalue weighted by atomic mass is 10.1. The zero-order chi connectivity index (χ0) is 25.3. The molecule has 35 heavy (non-hydrogen) atoms. The monoisotopic (exact) mass is 484 g/mol. The van der Waals surface area contributed by atoms with E-state index < -0.39 is 12.5 Å². The Labute approximate surface area is 201 Å². The molecule has 0 saturated carbocycles. The molecule has 0 fully saturated rings. The number of fused-ring (bicyclic) bond motifs is 1. The average molecular weight is 485 g/mol. The highest BCUT2D eigenvalue weighted by atomic mass is 19.3. The topological polar surface area (TPSA) is 102 Å². The van der Waals surface area contributed by atoms with E-state index in [4.69, 9.17) is 4.74 Å². The normalized spacial score (nSPS) is 14.1. The third-order valence-corrected chi connectivity index (χ3v) is 5.77. The predicted molar refractivity (Wildman–Crippen MR) is 122 cm³/mol. The fourth-order valence-corrected chi connectivity index (χ4v) is 3.93. The Balaban J connectivity index is 1.49. The third kappa shape index (κ3) is 5.28. The van der Waals surface area contributed by atoms with E-state index >= 15 is 0 Å². The summed E-state index contributed by atoms with van der Waals surface area (Å²) < 4.78 is 33.0. The molecule has 1 atom stereocenters. The van der Waals surface area contributed by atoms with Crippen molar-refractivity contribution >= 4 is 11.8 Å². The lowest BCUT2D eigenvalue weighted by Crippen LogP contribution is -2.28. The van der Waals surface area contributed by atoms with Gasteiger partial charge < -0.3 is 15.0 Å². The number of pyridine rings is 2. The lowest BCUT2D eigenvalue weighted by Gasteiger charge is -2.25. The number of halogens is 2. The molecule has 3 aromatic rings. The molecule has 4 heterocycles. The number of nitrogens with zero attached hydrogens (tertiary/aromatic N) is 5. The summed E-state index contributed by atoms with van der Waals surface area (Å²) in [6.45, 7) is 4.05. The summed E-state index contributed by atoms with van der Waals surface area (Å²) >= 11 is 0. The van der Waals surface area contributed by atoms with Gasteiger partial charge in [-0.3, -0.25) is 19.3 Å². The van der Waals surface area contributed by atoms with Gasteiger partial charge in [0.05, 0.1) is 12.2 Å². The number of carbonyl (C=O) groups is 2. The van der Waals surface area contributed by atoms with Crippen LogP contribution < -0.4 is 10.1 Å². The number of carbonyl (C=O) groups excluding carboxylic acids is 2. The number of ether oxygens (including phenoxy) is 1. The van der Waals surface area contributed by atoms with Crippen LogP contribution in [0.25, 0.3) is 0 Å². The molecular weight excluding hydrogens is 458 g/mol. The smallest absolute Gasteiger partial charge is 0.278 e. The van der Waals surface area contributed by atoms with Gasteiger partial charge in [0, 0.05) is 67.9 Å². The molecule has 9 nitrogen and oxygen atoms in total. The number of amides is 2. The molecule has 4 rings (SSSR count). The van der Waals surface area contributed by atoms with Crippen LogP contribution in [0.15, 0.2) is 36.9 Å². The summed E-state index contributed by atoms with van der Waals surface area (Å²) in [5.74, 6) is -3.45. The molecule has 3 aromatic heterocycles. The molecule has 1 aliphatic heterocycles. The molecule has 1 N–H and O–H groups in total. The van der Waals surface area contributed by atoms with E-state index in [0.717, 1.165) is 18.1 Å². The van der Waals surface area contributed by atoms with Crippen LogP contribution in [0.4, 0.5) is 8.78 Å². The van der Waals surface area contributed by atoms with E-state index in [9.17, 15) is 18.4 Å². The lowest BCUT2D eigenvalue weighted by molar-refractivity contribution is -0.0244. The van der Waals surface area contributed by atoms with Crippen molar-refractivity contribution in [1.29, 1.82) is 0 Å². The zero-order valence-corrected chi connectivity index (χ0v) is 19.9. The van der Waals surface area contributed by atoms with E-state index in [1.54, 1.807) is 48.1 Å². The molecule has 1 unspecified atom stereocenters. The fourth-order valence-electron chi connectivity index (χ4n) is 3.93. The molecule has 2 amide bonds. The molecule has 0 aromatic carbocycles. The van der Waals surface area contributed by atoms with E-state index in [0.29, 0.717) is 16.7 Å². The van der Waals surface area contributed by atoms with Gasteiger partial charge in [-0.1, -0.05) is 0 Å². The highest BCUT2D eigenvalue weighted by Crippen LogP contribution is 2.33. The first-order valence-electron chi connectivity index (χ1n) is 11.0. The maximum Gasteiger partial charge on any atom is 0.278 e. The zero-order valence-electron chi connectivity index (χ0n) is 19.9. The number of hydrogen-bond donors (Lipinski definition) is 1. The van der Waals surface area contributed by atoms with E-state index in [1.807, 2.05) is 6.92 Å². The highest BCUT2D eigenvalue weighted by molar-refractivity contribution is 6.03. The Bertz CT molecular complexity index is 1270. The number of aryl methyl sites for hydroxylation is 2. The summed E-state index contributed by atoms with van der Waals surface area (Å²) in [6, 6.07) is 2.99. The summed E-state index contributed by atoms with van der Waals surface area (Å²) in [5, 5.41) is 6.90. The second-order valence-electron chi connectivity index (χ2n) is 8.75. The third-order valence-electron chi connectivity index (χ3n) is 5.77. The molecule has 0 spiro atoms. The van der Waals surface area contributed by atoms with Crippen LogP contribution in [-0.4, -0.2) is 49.0 Å². The number of hydrogen-bond acceptors (Lipinski definition) is 6. The average Bonchev–Trinajstić information content (AvgIpc) is 3.38. The Morgan fingerprint density at radius 1 is 1.31 bits per heavy atom. The predicted octanol–water partition coefficient (Wildman–Crippen LogP) is 3.20. The van der Waals surface area contributed by atoms with Crippen molar-refractivity contribution in [2.45, 2.75) is 45.8 Å². The van der Waals surface area contributed by atoms with Gasteiger partial charge in [-0.05, 0) is 31.5 Å². The van der Waals surface area contributed by atoms with Crippen molar-refractivity contribution in [3.63, 3.8) is 0 Å². The minimum absolute atomic E-state index is 0.121. The highest BCUT2D eigenvalue weighted by Gasteiger charge is 2.35. The molecule has 184 valence electrons. The van der Waals surface area contributed by atoms with Gasteiger partial charge in [0.25, 0.3) is 17.7 Å². The van der Waals surface area contributed by atoms with Crippen molar-refractivity contribution in [1.82, 2.24) is 30.0 Å². The standard InChI is InChI=1S/C24H26F2N6O3/c1-14-7-17(10-29-22(14)35-13-24(3,25)26)15(2)32-12-19-18(23(32)34)5-6-27-20(19)21(33)28-8-16-9-30-31(4)11-16/h5-7,9-11,15H,8,12-13H2,1-4H3,(H,28,33). The fraction of sp³-hybridized carbons (Fsp3) is 0.375. The van der Waals surface area contributed by atoms with Crippen LogP contribution in [0.3, 0.4) is 0 Å². The van der Waals surface area contributed by atoms with Gasteiger partial charge in [-0.25, -0.2) is 13.8 Å². The Morgan fingerprint density at radius 2 is 2.09 bits per heavy atom. The quantitative estimate of drug-likeness (QED) is 0.527. The van der Waals surface area contributed by atoms with E-state index in [2.05, 4.69) is 20.4 Å². The SMILES string of the molecule is Cc1cc(C(C)N2Cc3c(ccnc3C(=O)NCc3cnn(C)c3)C2=O)cnc1OCC(C)(F)F. The molecule has 0 radical (unpaired) electrons. The number of rotatable bonds is 8. The molecule has 1 aliphatic rings. The van der Waals surface area contributed by atoms with Crippen LogP contribution in [0, 0.1) is 6.92 Å². The summed E-state index contributed by atoms with van der Waals surface area (Å²) in [5.41, 5.74) is 3.33. The Hall–Kier alpha value is -3.89. The van der Waals surface area contributed by atoms with Crippen LogP contribution in [-0.2, 0) is 20.1 Å².